The molecule has 1 aliphatic heterocycles. The summed E-state index contributed by atoms with van der Waals surface area (Å²) < 4.78 is 0. The number of nitrogens with one attached hydrogen (secondary N) is 2. The Hall–Kier alpha value is -1.40. The molecular formula is C18H27N3O2S. The Balaban J connectivity index is 1.44. The highest BCUT2D eigenvalue weighted by atomic mass is 32.1. The third kappa shape index (κ3) is 4.16. The Morgan fingerprint density at radius 1 is 1.33 bits per heavy atom. The van der Waals surface area contributed by atoms with Crippen LogP contribution in [0.2, 0.25) is 0 Å². The van der Waals surface area contributed by atoms with Gasteiger partial charge in [0, 0.05) is 24.0 Å². The standard InChI is InChI=1S/C18H27N3O2S/c1-12-4-3-5-15(13(12)2)19-18(23)20-17(22)11-21-8-6-16-14(10-21)7-9-24-16/h7,9,12-13,15H,3-6,8,10-11H2,1-2H3,(H2,19,20,22,23)/t12-,13-,15-/m1/s1. The highest BCUT2D eigenvalue weighted by Gasteiger charge is 2.28. The summed E-state index contributed by atoms with van der Waals surface area (Å²) >= 11 is 1.79. The lowest BCUT2D eigenvalue weighted by atomic mass is 9.78. The van der Waals surface area contributed by atoms with Crippen molar-refractivity contribution < 1.29 is 9.59 Å². The number of imide groups is 1. The number of nitrogens with zero attached hydrogens (tertiary/aromatic N) is 1. The van der Waals surface area contributed by atoms with Gasteiger partial charge in [0.15, 0.2) is 0 Å². The zero-order chi connectivity index (χ0) is 17.1. The van der Waals surface area contributed by atoms with Crippen LogP contribution in [0.1, 0.15) is 43.6 Å². The van der Waals surface area contributed by atoms with Crippen molar-refractivity contribution in [1.82, 2.24) is 15.5 Å². The van der Waals surface area contributed by atoms with Crippen LogP contribution in [0.3, 0.4) is 0 Å². The number of urea groups is 1. The monoisotopic (exact) mass is 349 g/mol. The van der Waals surface area contributed by atoms with Gasteiger partial charge in [-0.15, -0.1) is 11.3 Å². The van der Waals surface area contributed by atoms with Crippen LogP contribution in [0.4, 0.5) is 4.79 Å². The van der Waals surface area contributed by atoms with Crippen molar-refractivity contribution in [1.29, 1.82) is 0 Å². The molecule has 0 spiro atoms. The molecule has 24 heavy (non-hydrogen) atoms. The zero-order valence-corrected chi connectivity index (χ0v) is 15.3. The number of fused-ring (bicyclic) bond motifs is 1. The fourth-order valence-electron chi connectivity index (χ4n) is 3.80. The van der Waals surface area contributed by atoms with Gasteiger partial charge in [0.1, 0.15) is 0 Å². The summed E-state index contributed by atoms with van der Waals surface area (Å²) in [5, 5.41) is 7.60. The first-order valence-electron chi connectivity index (χ1n) is 8.91. The number of hydrogen-bond acceptors (Lipinski definition) is 4. The van der Waals surface area contributed by atoms with Crippen LogP contribution < -0.4 is 10.6 Å². The van der Waals surface area contributed by atoms with Gasteiger partial charge in [-0.3, -0.25) is 15.0 Å². The van der Waals surface area contributed by atoms with Crippen LogP contribution in [0.5, 0.6) is 0 Å². The molecule has 3 amide bonds. The lowest BCUT2D eigenvalue weighted by molar-refractivity contribution is -0.121. The van der Waals surface area contributed by atoms with Crippen molar-refractivity contribution in [2.75, 3.05) is 13.1 Å². The van der Waals surface area contributed by atoms with E-state index in [0.717, 1.165) is 32.4 Å². The van der Waals surface area contributed by atoms with Gasteiger partial charge >= 0.3 is 6.03 Å². The maximum absolute atomic E-state index is 12.1. The molecule has 132 valence electrons. The predicted octanol–water partition coefficient (Wildman–Crippen LogP) is 2.76. The predicted molar refractivity (Wildman–Crippen MR) is 95.9 cm³/mol. The zero-order valence-electron chi connectivity index (χ0n) is 14.5. The Bertz CT molecular complexity index is 601. The summed E-state index contributed by atoms with van der Waals surface area (Å²) in [5.74, 6) is 0.856. The summed E-state index contributed by atoms with van der Waals surface area (Å²) in [6.45, 7) is 6.36. The Morgan fingerprint density at radius 2 is 2.17 bits per heavy atom. The molecule has 1 fully saturated rings. The SMILES string of the molecule is C[C@@H]1[C@H](C)CCC[C@H]1NC(=O)NC(=O)CN1CCc2sccc2C1. The number of rotatable bonds is 3. The third-order valence-corrected chi connectivity index (χ3v) is 6.55. The van der Waals surface area contributed by atoms with Crippen molar-refractivity contribution in [3.8, 4) is 0 Å². The van der Waals surface area contributed by atoms with E-state index in [1.807, 2.05) is 0 Å². The van der Waals surface area contributed by atoms with Gasteiger partial charge in [0.05, 0.1) is 6.54 Å². The van der Waals surface area contributed by atoms with Crippen molar-refractivity contribution in [2.45, 2.75) is 52.1 Å². The molecule has 1 saturated carbocycles. The van der Waals surface area contributed by atoms with Gasteiger partial charge in [-0.05, 0) is 41.7 Å². The number of carbonyl (C=O) groups is 2. The normalized spacial score (nSPS) is 27.3. The molecule has 1 aliphatic carbocycles. The molecule has 0 radical (unpaired) electrons. The van der Waals surface area contributed by atoms with E-state index in [0.29, 0.717) is 11.8 Å². The van der Waals surface area contributed by atoms with Gasteiger partial charge in [0.25, 0.3) is 0 Å². The Morgan fingerprint density at radius 3 is 3.00 bits per heavy atom. The minimum Gasteiger partial charge on any atom is -0.335 e. The molecule has 0 bridgehead atoms. The lowest BCUT2D eigenvalue weighted by Gasteiger charge is -2.34. The van der Waals surface area contributed by atoms with Crippen LogP contribution in [0, 0.1) is 11.8 Å². The average molecular weight is 350 g/mol. The van der Waals surface area contributed by atoms with Gasteiger partial charge < -0.3 is 5.32 Å². The summed E-state index contributed by atoms with van der Waals surface area (Å²) in [6, 6.07) is 1.95. The second-order valence-corrected chi connectivity index (χ2v) is 8.23. The average Bonchev–Trinajstić information content (AvgIpc) is 2.99. The molecule has 1 aromatic rings. The second-order valence-electron chi connectivity index (χ2n) is 7.23. The molecule has 0 aromatic carbocycles. The van der Waals surface area contributed by atoms with E-state index in [4.69, 9.17) is 0 Å². The number of amides is 3. The molecule has 5 nitrogen and oxygen atoms in total. The lowest BCUT2D eigenvalue weighted by Crippen LogP contribution is -2.51. The minimum absolute atomic E-state index is 0.171. The number of thiophene rings is 1. The fraction of sp³-hybridized carbons (Fsp3) is 0.667. The maximum atomic E-state index is 12.1. The summed E-state index contributed by atoms with van der Waals surface area (Å²) in [5.41, 5.74) is 1.31. The molecule has 0 unspecified atom stereocenters. The van der Waals surface area contributed by atoms with E-state index in [-0.39, 0.29) is 24.5 Å². The van der Waals surface area contributed by atoms with Crippen molar-refractivity contribution in [3.63, 3.8) is 0 Å². The molecule has 2 heterocycles. The van der Waals surface area contributed by atoms with Gasteiger partial charge in [-0.1, -0.05) is 26.7 Å². The molecule has 6 heteroatoms. The summed E-state index contributed by atoms with van der Waals surface area (Å²) in [6.07, 6.45) is 4.35. The van der Waals surface area contributed by atoms with Crippen molar-refractivity contribution >= 4 is 23.3 Å². The van der Waals surface area contributed by atoms with Crippen LogP contribution in [-0.2, 0) is 17.8 Å². The maximum Gasteiger partial charge on any atom is 0.321 e. The largest absolute Gasteiger partial charge is 0.335 e. The summed E-state index contributed by atoms with van der Waals surface area (Å²) in [7, 11) is 0. The highest BCUT2D eigenvalue weighted by Crippen LogP contribution is 2.29. The van der Waals surface area contributed by atoms with E-state index in [1.54, 1.807) is 11.3 Å². The summed E-state index contributed by atoms with van der Waals surface area (Å²) in [4.78, 5) is 27.8. The molecule has 3 rings (SSSR count). The van der Waals surface area contributed by atoms with Gasteiger partial charge in [-0.2, -0.15) is 0 Å². The second kappa shape index (κ2) is 7.66. The third-order valence-electron chi connectivity index (χ3n) is 5.53. The Labute approximate surface area is 147 Å². The molecular weight excluding hydrogens is 322 g/mol. The molecule has 2 aliphatic rings. The van der Waals surface area contributed by atoms with E-state index < -0.39 is 0 Å². The van der Waals surface area contributed by atoms with Crippen LogP contribution in [0.15, 0.2) is 11.4 Å². The first-order chi connectivity index (χ1) is 11.5. The minimum atomic E-state index is -0.348. The fourth-order valence-corrected chi connectivity index (χ4v) is 4.69. The first-order valence-corrected chi connectivity index (χ1v) is 9.79. The van der Waals surface area contributed by atoms with E-state index in [9.17, 15) is 9.59 Å². The quantitative estimate of drug-likeness (QED) is 0.882. The number of hydrogen-bond donors (Lipinski definition) is 2. The van der Waals surface area contributed by atoms with Crippen LogP contribution >= 0.6 is 11.3 Å². The van der Waals surface area contributed by atoms with Gasteiger partial charge in [-0.25, -0.2) is 4.79 Å². The van der Waals surface area contributed by atoms with Crippen LogP contribution in [-0.4, -0.2) is 36.0 Å². The van der Waals surface area contributed by atoms with Crippen LogP contribution in [0.25, 0.3) is 0 Å². The molecule has 3 atom stereocenters. The van der Waals surface area contributed by atoms with E-state index in [2.05, 4.69) is 40.8 Å². The highest BCUT2D eigenvalue weighted by molar-refractivity contribution is 7.10. The molecule has 2 N–H and O–H groups in total. The van der Waals surface area contributed by atoms with Crippen molar-refractivity contribution in [2.24, 2.45) is 11.8 Å². The first kappa shape index (κ1) is 17.4. The Kier molecular flexibility index (Phi) is 5.56. The topological polar surface area (TPSA) is 61.4 Å². The molecule has 1 aromatic heterocycles. The van der Waals surface area contributed by atoms with E-state index >= 15 is 0 Å². The smallest absolute Gasteiger partial charge is 0.321 e. The van der Waals surface area contributed by atoms with Gasteiger partial charge in [0.2, 0.25) is 5.91 Å². The number of carbonyl (C=O) groups excluding carboxylic acids is 2. The van der Waals surface area contributed by atoms with E-state index in [1.165, 1.54) is 16.9 Å². The molecule has 0 saturated heterocycles. The van der Waals surface area contributed by atoms with Crippen molar-refractivity contribution in [3.05, 3.63) is 21.9 Å².